The van der Waals surface area contributed by atoms with E-state index in [1.807, 2.05) is 82.0 Å². The third-order valence-corrected chi connectivity index (χ3v) is 15.2. The zero-order valence-electron chi connectivity index (χ0n) is 43.4. The van der Waals surface area contributed by atoms with Gasteiger partial charge in [0.05, 0.1) is 53.0 Å². The number of thiazole rings is 1. The van der Waals surface area contributed by atoms with E-state index in [2.05, 4.69) is 60.0 Å². The molecule has 2 fully saturated rings. The monoisotopic (exact) mass is 1030 g/mol. The van der Waals surface area contributed by atoms with Crippen LogP contribution < -0.4 is 15.4 Å². The number of likely N-dealkylation sites (tertiary alicyclic amines) is 1. The number of rotatable bonds is 16. The van der Waals surface area contributed by atoms with Crippen LogP contribution in [0.4, 0.5) is 5.69 Å². The number of aryl methyl sites for hydroxylation is 1. The Morgan fingerprint density at radius 2 is 1.73 bits per heavy atom. The first-order valence-electron chi connectivity index (χ1n) is 24.4. The Hall–Kier alpha value is -6.30. The first-order chi connectivity index (χ1) is 34.4. The van der Waals surface area contributed by atoms with Crippen LogP contribution in [0.2, 0.25) is 5.02 Å². The highest BCUT2D eigenvalue weighted by molar-refractivity contribution is 7.13. The summed E-state index contributed by atoms with van der Waals surface area (Å²) in [4.78, 5) is 79.7. The molecule has 73 heavy (non-hydrogen) atoms. The van der Waals surface area contributed by atoms with Gasteiger partial charge in [-0.3, -0.25) is 24.0 Å². The van der Waals surface area contributed by atoms with Crippen molar-refractivity contribution < 1.29 is 42.9 Å². The number of carbonyl (C=O) groups is 5. The maximum Gasteiger partial charge on any atom is 0.302 e. The minimum absolute atomic E-state index is 0.00963. The summed E-state index contributed by atoms with van der Waals surface area (Å²) >= 11 is 7.86. The van der Waals surface area contributed by atoms with Crippen LogP contribution in [0.3, 0.4) is 0 Å². The van der Waals surface area contributed by atoms with Crippen LogP contribution in [0, 0.1) is 41.6 Å². The van der Waals surface area contributed by atoms with E-state index >= 15 is 0 Å². The highest BCUT2D eigenvalue weighted by atomic mass is 35.5. The SMILES string of the molecule is [C-]#[N+]c1ccc(OC2C(C)(C)C(N3Cc4cc(C#CCOC(C)COCC(=O)N[C@H](C(=O)N5C[C@H](OC(C)=O)C[C@H]5C(=O)N[C@@H](C)c5ccc(-c6scnc6C)cc5)C(C)(C)C)ccc4C3=O)C2(C)C)cc1Cl. The van der Waals surface area contributed by atoms with Gasteiger partial charge in [0.1, 0.15) is 43.3 Å². The zero-order valence-corrected chi connectivity index (χ0v) is 45.0. The number of nitrogens with one attached hydrogen (secondary N) is 2. The molecule has 15 nitrogen and oxygen atoms in total. The molecule has 17 heteroatoms. The maximum absolute atomic E-state index is 14.4. The quantitative estimate of drug-likeness (QED) is 0.0628. The average molecular weight is 1030 g/mol. The summed E-state index contributed by atoms with van der Waals surface area (Å²) in [5.41, 5.74) is 5.76. The zero-order chi connectivity index (χ0) is 53.2. The standard InChI is InChI=1S/C56H65ClN6O9S/c1-32(70-23-13-14-36-15-21-42-39(24-36)27-63(50(42)67)52-55(8,9)53(56(52,10)11)72-40-20-22-44(58-12)43(57)25-40)29-69-30-46(65)61-48(54(5,6)7)51(68)62-28-41(71-35(4)64)26-45(62)49(66)60-33(2)37-16-18-38(19-17-37)47-34(3)59-31-73-47/h15-22,24-25,31-33,41,45,48,52-53H,23,26-30H2,1-11H3,(H,60,66)(H,61,65)/t32?,33-,41+,45-,48+,52?,53?/m0/s1. The molecule has 5 atom stereocenters. The van der Waals surface area contributed by atoms with E-state index in [4.69, 9.17) is 37.1 Å². The number of halogens is 1. The second-order valence-electron chi connectivity index (χ2n) is 21.5. The smallest absolute Gasteiger partial charge is 0.302 e. The van der Waals surface area contributed by atoms with Crippen molar-refractivity contribution in [1.82, 2.24) is 25.4 Å². The van der Waals surface area contributed by atoms with E-state index in [0.29, 0.717) is 28.6 Å². The van der Waals surface area contributed by atoms with E-state index in [9.17, 15) is 24.0 Å². The minimum atomic E-state index is -1.04. The van der Waals surface area contributed by atoms with Crippen molar-refractivity contribution in [2.75, 3.05) is 26.4 Å². The lowest BCUT2D eigenvalue weighted by atomic mass is 9.49. The molecular weight excluding hydrogens is 968 g/mol. The van der Waals surface area contributed by atoms with E-state index in [0.717, 1.165) is 32.8 Å². The molecule has 3 aliphatic rings. The molecule has 1 aliphatic carbocycles. The van der Waals surface area contributed by atoms with Gasteiger partial charge in [-0.25, -0.2) is 9.83 Å². The Kier molecular flexibility index (Phi) is 16.4. The van der Waals surface area contributed by atoms with Gasteiger partial charge in [-0.1, -0.05) is 102 Å². The van der Waals surface area contributed by atoms with Gasteiger partial charge in [0.2, 0.25) is 23.4 Å². The van der Waals surface area contributed by atoms with Gasteiger partial charge in [-0.2, -0.15) is 0 Å². The first kappa shape index (κ1) is 54.5. The summed E-state index contributed by atoms with van der Waals surface area (Å²) in [7, 11) is 0. The van der Waals surface area contributed by atoms with Crippen LogP contribution in [0.5, 0.6) is 5.75 Å². The van der Waals surface area contributed by atoms with Crippen LogP contribution in [-0.4, -0.2) is 107 Å². The molecule has 0 bridgehead atoms. The summed E-state index contributed by atoms with van der Waals surface area (Å²) in [5.74, 6) is 4.81. The van der Waals surface area contributed by atoms with Crippen LogP contribution in [0.25, 0.3) is 15.3 Å². The molecule has 1 saturated heterocycles. The Morgan fingerprint density at radius 3 is 2.36 bits per heavy atom. The molecule has 3 heterocycles. The van der Waals surface area contributed by atoms with Gasteiger partial charge in [0, 0.05) is 47.9 Å². The fourth-order valence-corrected chi connectivity index (χ4v) is 11.9. The first-order valence-corrected chi connectivity index (χ1v) is 25.7. The molecule has 1 aromatic heterocycles. The molecular formula is C56H65ClN6O9S. The van der Waals surface area contributed by atoms with Gasteiger partial charge < -0.3 is 39.4 Å². The summed E-state index contributed by atoms with van der Waals surface area (Å²) in [6, 6.07) is 16.1. The molecule has 7 rings (SSSR count). The fourth-order valence-electron chi connectivity index (χ4n) is 10.8. The molecule has 2 aliphatic heterocycles. The molecule has 4 aromatic rings. The van der Waals surface area contributed by atoms with Crippen LogP contribution >= 0.6 is 22.9 Å². The lowest BCUT2D eigenvalue weighted by Gasteiger charge is -2.65. The van der Waals surface area contributed by atoms with Gasteiger partial charge in [-0.05, 0) is 73.2 Å². The summed E-state index contributed by atoms with van der Waals surface area (Å²) in [6.07, 6.45) is -1.24. The molecule has 1 unspecified atom stereocenters. The number of benzene rings is 3. The highest BCUT2D eigenvalue weighted by Gasteiger charge is 2.67. The molecule has 4 amide bonds. The third-order valence-electron chi connectivity index (χ3n) is 13.9. The van der Waals surface area contributed by atoms with E-state index in [1.54, 1.807) is 42.0 Å². The van der Waals surface area contributed by atoms with Crippen molar-refractivity contribution in [2.24, 2.45) is 16.2 Å². The highest BCUT2D eigenvalue weighted by Crippen LogP contribution is 2.59. The Morgan fingerprint density at radius 1 is 1.01 bits per heavy atom. The topological polar surface area (TPSA) is 170 Å². The van der Waals surface area contributed by atoms with Crippen molar-refractivity contribution in [3.63, 3.8) is 0 Å². The molecule has 2 N–H and O–H groups in total. The summed E-state index contributed by atoms with van der Waals surface area (Å²) in [5, 5.41) is 6.22. The number of hydrogen-bond acceptors (Lipinski definition) is 11. The number of aromatic nitrogens is 1. The molecule has 0 spiro atoms. The van der Waals surface area contributed by atoms with Crippen LogP contribution in [0.15, 0.2) is 66.2 Å². The second kappa shape index (κ2) is 22.0. The van der Waals surface area contributed by atoms with Crippen molar-refractivity contribution in [2.45, 2.75) is 132 Å². The number of hydrogen-bond donors (Lipinski definition) is 2. The fraction of sp³-hybridized carbons (Fsp3) is 0.482. The van der Waals surface area contributed by atoms with Crippen molar-refractivity contribution >= 4 is 58.2 Å². The number of carbonyl (C=O) groups excluding carboxylic acids is 5. The van der Waals surface area contributed by atoms with Gasteiger partial charge in [0.25, 0.3) is 5.91 Å². The van der Waals surface area contributed by atoms with E-state index < -0.39 is 70.3 Å². The molecule has 3 aromatic carbocycles. The predicted octanol–water partition coefficient (Wildman–Crippen LogP) is 8.87. The van der Waals surface area contributed by atoms with Gasteiger partial charge in [-0.15, -0.1) is 11.3 Å². The van der Waals surface area contributed by atoms with Crippen LogP contribution in [0.1, 0.15) is 114 Å². The largest absolute Gasteiger partial charge is 0.489 e. The average Bonchev–Trinajstić information content (AvgIpc) is 4.04. The number of nitrogens with zero attached hydrogens (tertiary/aromatic N) is 4. The van der Waals surface area contributed by atoms with Crippen molar-refractivity contribution in [1.29, 1.82) is 0 Å². The number of esters is 1. The number of ether oxygens (including phenoxy) is 4. The van der Waals surface area contributed by atoms with Crippen molar-refractivity contribution in [3.8, 4) is 28.0 Å². The number of fused-ring (bicyclic) bond motifs is 1. The third kappa shape index (κ3) is 12.1. The Balaban J connectivity index is 0.886. The van der Waals surface area contributed by atoms with E-state index in [1.165, 1.54) is 11.8 Å². The lowest BCUT2D eigenvalue weighted by molar-refractivity contribution is -0.199. The summed E-state index contributed by atoms with van der Waals surface area (Å²) in [6.45, 7) is 28.3. The minimum Gasteiger partial charge on any atom is -0.489 e. The predicted molar refractivity (Wildman–Crippen MR) is 279 cm³/mol. The number of amides is 4. The van der Waals surface area contributed by atoms with Gasteiger partial charge in [0.15, 0.2) is 0 Å². The molecule has 0 radical (unpaired) electrons. The maximum atomic E-state index is 14.4. The summed E-state index contributed by atoms with van der Waals surface area (Å²) < 4.78 is 23.6. The van der Waals surface area contributed by atoms with Crippen molar-refractivity contribution in [3.05, 3.63) is 111 Å². The van der Waals surface area contributed by atoms with Crippen LogP contribution in [-0.2, 0) is 39.9 Å². The second-order valence-corrected chi connectivity index (χ2v) is 22.7. The Bertz CT molecular complexity index is 2840. The Labute approximate surface area is 437 Å². The van der Waals surface area contributed by atoms with E-state index in [-0.39, 0.29) is 50.8 Å². The normalized spacial score (nSPS) is 20.8. The lowest BCUT2D eigenvalue weighted by Crippen LogP contribution is -2.74. The van der Waals surface area contributed by atoms with Gasteiger partial charge >= 0.3 is 5.97 Å². The molecule has 1 saturated carbocycles. The molecule has 386 valence electrons.